The van der Waals surface area contributed by atoms with Crippen molar-refractivity contribution >= 4 is 37.9 Å². The zero-order valence-electron chi connectivity index (χ0n) is 14.4. The van der Waals surface area contributed by atoms with Gasteiger partial charge in [0.15, 0.2) is 10.7 Å². The van der Waals surface area contributed by atoms with Crippen LogP contribution in [0.1, 0.15) is 6.42 Å². The zero-order valence-corrected chi connectivity index (χ0v) is 17.6. The summed E-state index contributed by atoms with van der Waals surface area (Å²) >= 11 is 4.29. The van der Waals surface area contributed by atoms with Crippen LogP contribution in [0.25, 0.3) is 17.2 Å². The van der Waals surface area contributed by atoms with Gasteiger partial charge in [-0.25, -0.2) is 23.5 Å². The highest BCUT2D eigenvalue weighted by Gasteiger charge is 2.32. The van der Waals surface area contributed by atoms with Gasteiger partial charge in [-0.1, -0.05) is 16.9 Å². The van der Waals surface area contributed by atoms with Gasteiger partial charge in [-0.3, -0.25) is 4.52 Å². The van der Waals surface area contributed by atoms with Crippen LogP contribution in [0.5, 0.6) is 0 Å². The smallest absolute Gasteiger partial charge is 0.295 e. The van der Waals surface area contributed by atoms with Crippen molar-refractivity contribution in [2.45, 2.75) is 16.7 Å². The quantitative estimate of drug-likeness (QED) is 0.536. The second kappa shape index (κ2) is 7.64. The summed E-state index contributed by atoms with van der Waals surface area (Å²) in [6.45, 7) is 0.488. The van der Waals surface area contributed by atoms with Crippen molar-refractivity contribution in [2.75, 3.05) is 13.1 Å². The molecule has 0 aliphatic carbocycles. The summed E-state index contributed by atoms with van der Waals surface area (Å²) in [6.07, 6.45) is 0.546. The maximum atomic E-state index is 13.6. The predicted octanol–water partition coefficient (Wildman–Crippen LogP) is 1.15. The molecule has 0 spiro atoms. The lowest BCUT2D eigenvalue weighted by Gasteiger charge is -2.11. The van der Waals surface area contributed by atoms with Gasteiger partial charge < -0.3 is 0 Å². The molecule has 0 saturated carbocycles. The number of benzene rings is 1. The minimum atomic E-state index is -3.77. The molecule has 154 valence electrons. The summed E-state index contributed by atoms with van der Waals surface area (Å²) in [7, 11) is -3.77. The van der Waals surface area contributed by atoms with Gasteiger partial charge in [0.05, 0.1) is 10.2 Å². The van der Waals surface area contributed by atoms with E-state index in [1.165, 1.54) is 34.3 Å². The monoisotopic (exact) mass is 506 g/mol. The molecule has 3 aromatic rings. The molecule has 15 heteroatoms. The summed E-state index contributed by atoms with van der Waals surface area (Å²) in [5.41, 5.74) is 0.426. The first kappa shape index (κ1) is 20.2. The van der Waals surface area contributed by atoms with Crippen LogP contribution in [0.15, 0.2) is 41.6 Å². The molecule has 2 aromatic heterocycles. The maximum Gasteiger partial charge on any atom is 0.446 e. The molecule has 0 amide bonds. The van der Waals surface area contributed by atoms with Gasteiger partial charge in [0.25, 0.3) is 10.2 Å². The van der Waals surface area contributed by atoms with Gasteiger partial charge in [0.2, 0.25) is 5.82 Å². The van der Waals surface area contributed by atoms with E-state index in [2.05, 4.69) is 31.4 Å². The second-order valence-electron chi connectivity index (χ2n) is 6.06. The molecule has 1 unspecified atom stereocenters. The van der Waals surface area contributed by atoms with E-state index < -0.39 is 21.8 Å². The number of hydrogen-bond donors (Lipinski definition) is 1. The molecule has 11 nitrogen and oxygen atoms in total. The standard InChI is InChI=1S/C14H12BrFN6O5S2/c15-9-5-7(1-2-10(9)16)22-12(19-26-14(22)23)11-13(20-27-18-11)28-8-3-4-21(6-8)29(17,24)25/h1-2,5,8H,3-4,6H2,(H2,17,24,25). The van der Waals surface area contributed by atoms with E-state index in [9.17, 15) is 17.6 Å². The molecule has 0 bridgehead atoms. The van der Waals surface area contributed by atoms with Crippen molar-refractivity contribution in [2.24, 2.45) is 5.14 Å². The van der Waals surface area contributed by atoms with E-state index in [-0.39, 0.29) is 34.3 Å². The number of rotatable bonds is 5. The van der Waals surface area contributed by atoms with E-state index in [1.807, 2.05) is 0 Å². The van der Waals surface area contributed by atoms with Gasteiger partial charge in [0, 0.05) is 18.3 Å². The molecule has 29 heavy (non-hydrogen) atoms. The molecule has 4 rings (SSSR count). The molecular formula is C14H12BrFN6O5S2. The summed E-state index contributed by atoms with van der Waals surface area (Å²) in [5, 5.41) is 16.7. The van der Waals surface area contributed by atoms with Crippen molar-refractivity contribution in [1.29, 1.82) is 0 Å². The summed E-state index contributed by atoms with van der Waals surface area (Å²) in [5.74, 6) is -1.29. The van der Waals surface area contributed by atoms with Crippen molar-refractivity contribution in [3.05, 3.63) is 39.0 Å². The van der Waals surface area contributed by atoms with Gasteiger partial charge in [0.1, 0.15) is 5.82 Å². The Hall–Kier alpha value is -2.07. The molecule has 1 atom stereocenters. The zero-order chi connectivity index (χ0) is 20.8. The Balaban J connectivity index is 1.66. The number of aromatic nitrogens is 4. The number of thioether (sulfide) groups is 1. The minimum absolute atomic E-state index is 0.0126. The third-order valence-corrected chi connectivity index (χ3v) is 7.05. The summed E-state index contributed by atoms with van der Waals surface area (Å²) < 4.78 is 48.5. The molecular weight excluding hydrogens is 495 g/mol. The number of nitrogens with zero attached hydrogens (tertiary/aromatic N) is 5. The highest BCUT2D eigenvalue weighted by molar-refractivity contribution is 9.10. The highest BCUT2D eigenvalue weighted by Crippen LogP contribution is 2.34. The van der Waals surface area contributed by atoms with Crippen LogP contribution in [-0.2, 0) is 10.2 Å². The SMILES string of the molecule is NS(=O)(=O)N1CCC(Sc2nonc2-c2noc(=O)n2-c2ccc(F)c(Br)c2)C1. The molecule has 1 fully saturated rings. The number of nitrogens with two attached hydrogens (primary N) is 1. The van der Waals surface area contributed by atoms with E-state index >= 15 is 0 Å². The van der Waals surface area contributed by atoms with Crippen LogP contribution >= 0.6 is 27.7 Å². The molecule has 1 aromatic carbocycles. The maximum absolute atomic E-state index is 13.6. The van der Waals surface area contributed by atoms with Crippen molar-refractivity contribution in [1.82, 2.24) is 24.3 Å². The van der Waals surface area contributed by atoms with Crippen LogP contribution in [0.2, 0.25) is 0 Å². The molecule has 2 N–H and O–H groups in total. The van der Waals surface area contributed by atoms with Gasteiger partial charge in [-0.2, -0.15) is 12.7 Å². The molecule has 3 heterocycles. The van der Waals surface area contributed by atoms with Gasteiger partial charge in [-0.15, -0.1) is 0 Å². The van der Waals surface area contributed by atoms with Gasteiger partial charge in [-0.05, 0) is 50.9 Å². The Morgan fingerprint density at radius 1 is 1.31 bits per heavy atom. The van der Waals surface area contributed by atoms with Gasteiger partial charge >= 0.3 is 5.76 Å². The lowest BCUT2D eigenvalue weighted by Crippen LogP contribution is -2.35. The van der Waals surface area contributed by atoms with E-state index in [0.29, 0.717) is 17.1 Å². The molecule has 1 saturated heterocycles. The van der Waals surface area contributed by atoms with Crippen molar-refractivity contribution in [3.8, 4) is 17.2 Å². The fourth-order valence-electron chi connectivity index (χ4n) is 2.83. The Labute approximate surface area is 175 Å². The normalized spacial score (nSPS) is 17.8. The fourth-order valence-corrected chi connectivity index (χ4v) is 5.15. The minimum Gasteiger partial charge on any atom is -0.295 e. The van der Waals surface area contributed by atoms with Crippen LogP contribution in [0.3, 0.4) is 0 Å². The van der Waals surface area contributed by atoms with E-state index in [4.69, 9.17) is 14.3 Å². The summed E-state index contributed by atoms with van der Waals surface area (Å²) in [4.78, 5) is 12.2. The Kier molecular flexibility index (Phi) is 5.32. The predicted molar refractivity (Wildman–Crippen MR) is 102 cm³/mol. The van der Waals surface area contributed by atoms with E-state index in [0.717, 1.165) is 4.57 Å². The summed E-state index contributed by atoms with van der Waals surface area (Å²) in [6, 6.07) is 3.95. The third kappa shape index (κ3) is 4.00. The Morgan fingerprint density at radius 2 is 2.10 bits per heavy atom. The average molecular weight is 507 g/mol. The first-order chi connectivity index (χ1) is 13.7. The van der Waals surface area contributed by atoms with Crippen LogP contribution in [0.4, 0.5) is 4.39 Å². The van der Waals surface area contributed by atoms with Crippen LogP contribution in [0, 0.1) is 5.82 Å². The molecule has 0 radical (unpaired) electrons. The largest absolute Gasteiger partial charge is 0.446 e. The van der Waals surface area contributed by atoms with E-state index in [1.54, 1.807) is 0 Å². The molecule has 1 aliphatic rings. The first-order valence-corrected chi connectivity index (χ1v) is 11.2. The van der Waals surface area contributed by atoms with Crippen LogP contribution in [-0.4, -0.2) is 51.1 Å². The van der Waals surface area contributed by atoms with Crippen molar-refractivity contribution in [3.63, 3.8) is 0 Å². The number of hydrogen-bond acceptors (Lipinski definition) is 9. The third-order valence-electron chi connectivity index (χ3n) is 4.18. The second-order valence-corrected chi connectivity index (χ2v) is 9.75. The lowest BCUT2D eigenvalue weighted by atomic mass is 10.3. The molecule has 1 aliphatic heterocycles. The highest BCUT2D eigenvalue weighted by atomic mass is 79.9. The Bertz CT molecular complexity index is 1230. The first-order valence-electron chi connectivity index (χ1n) is 8.05. The lowest BCUT2D eigenvalue weighted by molar-refractivity contribution is 0.299. The number of halogens is 2. The average Bonchev–Trinajstić information content (AvgIpc) is 3.37. The fraction of sp³-hybridized carbons (Fsp3) is 0.286. The van der Waals surface area contributed by atoms with Crippen LogP contribution < -0.4 is 10.9 Å². The topological polar surface area (TPSA) is 150 Å². The Morgan fingerprint density at radius 3 is 2.79 bits per heavy atom. The van der Waals surface area contributed by atoms with Crippen molar-refractivity contribution < 1.29 is 22.0 Å².